The summed E-state index contributed by atoms with van der Waals surface area (Å²) in [7, 11) is 1.32. The molecule has 382 valence electrons. The van der Waals surface area contributed by atoms with Crippen molar-refractivity contribution in [2.75, 3.05) is 54.1 Å². The van der Waals surface area contributed by atoms with Crippen LogP contribution >= 0.6 is 7.82 Å². The van der Waals surface area contributed by atoms with E-state index in [0.717, 1.165) is 122 Å². The lowest BCUT2D eigenvalue weighted by Gasteiger charge is -2.28. The number of unbranched alkanes of at least 4 members (excludes halogenated alkanes) is 13. The number of rotatable bonds is 47. The third-order valence-electron chi connectivity index (χ3n) is 10.5. The van der Waals surface area contributed by atoms with Gasteiger partial charge >= 0.3 is 5.97 Å². The number of ether oxygens (including phenoxy) is 2. The van der Waals surface area contributed by atoms with E-state index in [9.17, 15) is 14.3 Å². The molecule has 0 saturated heterocycles. The van der Waals surface area contributed by atoms with Crippen LogP contribution in [-0.2, 0) is 27.9 Å². The third kappa shape index (κ3) is 53.7. The van der Waals surface area contributed by atoms with Crippen LogP contribution in [0.5, 0.6) is 0 Å². The summed E-state index contributed by atoms with van der Waals surface area (Å²) < 4.78 is 34.7. The molecule has 0 amide bonds. The van der Waals surface area contributed by atoms with Crippen molar-refractivity contribution < 1.29 is 37.3 Å². The molecule has 0 aromatic rings. The zero-order chi connectivity index (χ0) is 49.0. The van der Waals surface area contributed by atoms with E-state index in [1.807, 2.05) is 21.1 Å². The number of quaternary nitrogens is 1. The fourth-order valence-electron chi connectivity index (χ4n) is 6.54. The number of hydrogen-bond acceptors (Lipinski definition) is 7. The highest BCUT2D eigenvalue weighted by Gasteiger charge is 2.20. The van der Waals surface area contributed by atoms with Gasteiger partial charge in [-0.3, -0.25) is 9.36 Å². The molecule has 0 fully saturated rings. The van der Waals surface area contributed by atoms with Crippen LogP contribution in [0.3, 0.4) is 0 Å². The molecule has 0 heterocycles. The van der Waals surface area contributed by atoms with Crippen LogP contribution in [0.15, 0.2) is 122 Å². The van der Waals surface area contributed by atoms with Gasteiger partial charge in [0, 0.05) is 13.0 Å². The van der Waals surface area contributed by atoms with Gasteiger partial charge in [-0.2, -0.15) is 0 Å². The lowest BCUT2D eigenvalue weighted by atomic mass is 10.1. The Balaban J connectivity index is 4.23. The first-order chi connectivity index (χ1) is 32.6. The summed E-state index contributed by atoms with van der Waals surface area (Å²) in [6, 6.07) is 0. The molecule has 0 aromatic heterocycles. The lowest BCUT2D eigenvalue weighted by molar-refractivity contribution is -0.870. The van der Waals surface area contributed by atoms with Crippen molar-refractivity contribution in [3.05, 3.63) is 122 Å². The van der Waals surface area contributed by atoms with Crippen LogP contribution in [0.1, 0.15) is 181 Å². The SMILES string of the molecule is CC/C=C\C/C=C\C/C=C\C/C=C\C/C=C\C/C=C\CCCCCCCCC(=O)OC(COCCCCCCCCC/C=C\C/C=C\C/C=C\C/C=C\CC)COP(=O)([O-])OCC[N+](C)(C)C. The Hall–Kier alpha value is -3.10. The maximum atomic E-state index is 12.8. The van der Waals surface area contributed by atoms with Crippen molar-refractivity contribution in [3.8, 4) is 0 Å². The van der Waals surface area contributed by atoms with E-state index in [2.05, 4.69) is 135 Å². The minimum Gasteiger partial charge on any atom is -0.756 e. The summed E-state index contributed by atoms with van der Waals surface area (Å²) in [4.78, 5) is 25.2. The van der Waals surface area contributed by atoms with Crippen molar-refractivity contribution in [2.45, 2.75) is 187 Å². The van der Waals surface area contributed by atoms with E-state index in [1.165, 1.54) is 38.5 Å². The predicted molar refractivity (Wildman–Crippen MR) is 286 cm³/mol. The summed E-state index contributed by atoms with van der Waals surface area (Å²) in [5, 5.41) is 0. The smallest absolute Gasteiger partial charge is 0.306 e. The number of carbonyl (C=O) groups is 1. The highest BCUT2D eigenvalue weighted by atomic mass is 31.2. The summed E-state index contributed by atoms with van der Waals surface area (Å²) in [5.74, 6) is -0.358. The van der Waals surface area contributed by atoms with Gasteiger partial charge in [0.25, 0.3) is 7.82 Å². The molecule has 0 aromatic carbocycles. The lowest BCUT2D eigenvalue weighted by Crippen LogP contribution is -2.37. The average molecular weight is 952 g/mol. The largest absolute Gasteiger partial charge is 0.756 e. The van der Waals surface area contributed by atoms with Gasteiger partial charge in [0.05, 0.1) is 34.4 Å². The molecular formula is C58H98NO7P. The molecule has 0 aliphatic heterocycles. The number of phosphoric ester groups is 1. The van der Waals surface area contributed by atoms with Crippen molar-refractivity contribution >= 4 is 13.8 Å². The summed E-state index contributed by atoms with van der Waals surface area (Å²) >= 11 is 0. The van der Waals surface area contributed by atoms with E-state index in [0.29, 0.717) is 17.6 Å². The van der Waals surface area contributed by atoms with Gasteiger partial charge in [0.2, 0.25) is 0 Å². The van der Waals surface area contributed by atoms with Gasteiger partial charge in [-0.1, -0.05) is 193 Å². The zero-order valence-corrected chi connectivity index (χ0v) is 44.2. The Kier molecular flexibility index (Phi) is 47.0. The minimum absolute atomic E-state index is 0.0129. The summed E-state index contributed by atoms with van der Waals surface area (Å²) in [5.41, 5.74) is 0. The van der Waals surface area contributed by atoms with Crippen LogP contribution in [0, 0.1) is 0 Å². The molecule has 0 radical (unpaired) electrons. The van der Waals surface area contributed by atoms with Crippen LogP contribution in [0.25, 0.3) is 0 Å². The summed E-state index contributed by atoms with van der Waals surface area (Å²) in [6.07, 6.45) is 70.8. The molecule has 67 heavy (non-hydrogen) atoms. The minimum atomic E-state index is -4.55. The second-order valence-electron chi connectivity index (χ2n) is 18.1. The van der Waals surface area contributed by atoms with Crippen molar-refractivity contribution in [1.82, 2.24) is 0 Å². The normalized spacial score (nSPS) is 14.5. The highest BCUT2D eigenvalue weighted by Crippen LogP contribution is 2.38. The number of carbonyl (C=O) groups excluding carboxylic acids is 1. The van der Waals surface area contributed by atoms with E-state index >= 15 is 0 Å². The molecule has 0 bridgehead atoms. The molecule has 0 spiro atoms. The number of nitrogens with zero attached hydrogens (tertiary/aromatic N) is 1. The number of phosphoric acid groups is 1. The van der Waals surface area contributed by atoms with E-state index in [1.54, 1.807) is 0 Å². The fourth-order valence-corrected chi connectivity index (χ4v) is 7.27. The Bertz CT molecular complexity index is 1480. The van der Waals surface area contributed by atoms with Crippen LogP contribution in [-0.4, -0.2) is 70.7 Å². The second-order valence-corrected chi connectivity index (χ2v) is 19.5. The second kappa shape index (κ2) is 49.3. The molecule has 2 atom stereocenters. The van der Waals surface area contributed by atoms with Gasteiger partial charge in [-0.15, -0.1) is 0 Å². The van der Waals surface area contributed by atoms with Gasteiger partial charge < -0.3 is 27.9 Å². The molecule has 0 rings (SSSR count). The van der Waals surface area contributed by atoms with Crippen LogP contribution in [0.2, 0.25) is 0 Å². The first-order valence-corrected chi connectivity index (χ1v) is 27.7. The first-order valence-electron chi connectivity index (χ1n) is 26.3. The van der Waals surface area contributed by atoms with Crippen LogP contribution in [0.4, 0.5) is 0 Å². The van der Waals surface area contributed by atoms with E-state index in [-0.39, 0.29) is 32.2 Å². The Labute approximate surface area is 412 Å². The van der Waals surface area contributed by atoms with Gasteiger partial charge in [-0.05, 0) is 103 Å². The van der Waals surface area contributed by atoms with Crippen LogP contribution < -0.4 is 4.89 Å². The van der Waals surface area contributed by atoms with Crippen molar-refractivity contribution in [1.29, 1.82) is 0 Å². The van der Waals surface area contributed by atoms with Crippen molar-refractivity contribution in [2.24, 2.45) is 0 Å². The topological polar surface area (TPSA) is 94.1 Å². The number of esters is 1. The Morgan fingerprint density at radius 1 is 0.463 bits per heavy atom. The van der Waals surface area contributed by atoms with E-state index < -0.39 is 13.9 Å². The van der Waals surface area contributed by atoms with Gasteiger partial charge in [0.15, 0.2) is 0 Å². The van der Waals surface area contributed by atoms with Crippen molar-refractivity contribution in [3.63, 3.8) is 0 Å². The van der Waals surface area contributed by atoms with Gasteiger partial charge in [-0.25, -0.2) is 0 Å². The first kappa shape index (κ1) is 63.9. The Morgan fingerprint density at radius 2 is 0.821 bits per heavy atom. The fraction of sp³-hybridized carbons (Fsp3) is 0.638. The monoisotopic (exact) mass is 952 g/mol. The average Bonchev–Trinajstić information content (AvgIpc) is 3.29. The Morgan fingerprint density at radius 3 is 1.22 bits per heavy atom. The van der Waals surface area contributed by atoms with E-state index in [4.69, 9.17) is 18.5 Å². The molecule has 0 aliphatic rings. The molecule has 2 unspecified atom stereocenters. The maximum absolute atomic E-state index is 12.8. The standard InChI is InChI=1S/C58H98NO7P/c1-6-8-10-12-14-16-18-20-22-24-26-28-29-30-31-32-33-35-37-39-41-43-45-47-49-51-58(60)66-57(56-65-67(61,62)64-54-52-59(3,4)5)55-63-53-50-48-46-44-42-40-38-36-34-27-25-23-21-19-17-15-13-11-9-7-2/h8-11,14-17,20-23,26-28,30-31,33-35,57H,6-7,12-13,18-19,24-25,29,32,36-56H2,1-5H3/b10-8-,11-9-,16-14-,17-15-,22-20-,23-21-,28-26-,31-30-,34-27-,35-33-. The predicted octanol–water partition coefficient (Wildman–Crippen LogP) is 15.9. The quantitative estimate of drug-likeness (QED) is 0.0197. The molecular weight excluding hydrogens is 854 g/mol. The maximum Gasteiger partial charge on any atom is 0.306 e. The molecule has 0 N–H and O–H groups in total. The summed E-state index contributed by atoms with van der Waals surface area (Å²) in [6.45, 7) is 5.11. The zero-order valence-electron chi connectivity index (χ0n) is 43.3. The number of allylic oxidation sites excluding steroid dienone is 20. The number of hydrogen-bond donors (Lipinski definition) is 0. The molecule has 8 nitrogen and oxygen atoms in total. The molecule has 9 heteroatoms. The highest BCUT2D eigenvalue weighted by molar-refractivity contribution is 7.45. The molecule has 0 saturated carbocycles. The molecule has 0 aliphatic carbocycles. The van der Waals surface area contributed by atoms with Gasteiger partial charge in [0.1, 0.15) is 19.3 Å². The third-order valence-corrected chi connectivity index (χ3v) is 11.5. The number of likely N-dealkylation sites (N-methyl/N-ethyl adjacent to an activating group) is 1.